The average Bonchev–Trinajstić information content (AvgIpc) is 3.08. The van der Waals surface area contributed by atoms with Crippen LogP contribution >= 0.6 is 0 Å². The lowest BCUT2D eigenvalue weighted by atomic mass is 10.1. The zero-order valence-electron chi connectivity index (χ0n) is 16.7. The molecule has 4 aromatic rings. The summed E-state index contributed by atoms with van der Waals surface area (Å²) in [5.41, 5.74) is 8.77. The van der Waals surface area contributed by atoms with Gasteiger partial charge in [0, 0.05) is 35.8 Å². The van der Waals surface area contributed by atoms with Gasteiger partial charge in [-0.15, -0.1) is 5.10 Å². The molecule has 0 spiro atoms. The van der Waals surface area contributed by atoms with E-state index in [0.717, 1.165) is 24.2 Å². The van der Waals surface area contributed by atoms with E-state index in [0.29, 0.717) is 27.9 Å². The fraction of sp³-hybridized carbons (Fsp3) is 0.227. The molecule has 2 N–H and O–H groups in total. The summed E-state index contributed by atoms with van der Waals surface area (Å²) in [6, 6.07) is 15.0. The average molecular weight is 389 g/mol. The molecule has 0 unspecified atom stereocenters. The highest BCUT2D eigenvalue weighted by Gasteiger charge is 2.19. The molecule has 7 heteroatoms. The minimum atomic E-state index is -0.268. The molecular weight excluding hydrogens is 366 g/mol. The van der Waals surface area contributed by atoms with E-state index < -0.39 is 0 Å². The number of fused-ring (bicyclic) bond motifs is 2. The monoisotopic (exact) mass is 389 g/mol. The second-order valence-corrected chi connectivity index (χ2v) is 6.74. The van der Waals surface area contributed by atoms with Crippen molar-refractivity contribution in [2.24, 2.45) is 0 Å². The second-order valence-electron chi connectivity index (χ2n) is 6.74. The first-order valence-corrected chi connectivity index (χ1v) is 9.58. The molecule has 148 valence electrons. The van der Waals surface area contributed by atoms with Crippen LogP contribution in [0.3, 0.4) is 0 Å². The molecule has 0 atom stereocenters. The molecule has 0 radical (unpaired) electrons. The van der Waals surface area contributed by atoms with Gasteiger partial charge in [0.25, 0.3) is 5.91 Å². The summed E-state index contributed by atoms with van der Waals surface area (Å²) in [5.74, 6) is 0.704. The van der Waals surface area contributed by atoms with E-state index in [9.17, 15) is 4.79 Å². The summed E-state index contributed by atoms with van der Waals surface area (Å²) < 4.78 is 6.57. The second kappa shape index (κ2) is 7.43. The van der Waals surface area contributed by atoms with Crippen molar-refractivity contribution in [3.05, 3.63) is 54.1 Å². The van der Waals surface area contributed by atoms with Crippen molar-refractivity contribution >= 4 is 39.3 Å². The highest BCUT2D eigenvalue weighted by atomic mass is 16.5. The zero-order chi connectivity index (χ0) is 20.5. The number of carbonyl (C=O) groups excluding carboxylic acids is 1. The van der Waals surface area contributed by atoms with Crippen LogP contribution < -0.4 is 15.4 Å². The first-order valence-electron chi connectivity index (χ1n) is 9.58. The number of aromatic nitrogens is 3. The molecule has 29 heavy (non-hydrogen) atoms. The number of hydrogen-bond donors (Lipinski definition) is 1. The van der Waals surface area contributed by atoms with Crippen LogP contribution in [-0.2, 0) is 0 Å². The van der Waals surface area contributed by atoms with Crippen LogP contribution in [0.1, 0.15) is 24.2 Å². The van der Waals surface area contributed by atoms with Crippen molar-refractivity contribution in [1.82, 2.24) is 14.8 Å². The Morgan fingerprint density at radius 1 is 1.14 bits per heavy atom. The molecule has 0 amide bonds. The van der Waals surface area contributed by atoms with Crippen LogP contribution in [-0.4, -0.2) is 40.9 Å². The van der Waals surface area contributed by atoms with E-state index in [1.165, 1.54) is 4.68 Å². The number of pyridine rings is 1. The first kappa shape index (κ1) is 18.7. The van der Waals surface area contributed by atoms with Crippen LogP contribution in [0.25, 0.3) is 21.9 Å². The molecule has 0 aliphatic carbocycles. The lowest BCUT2D eigenvalue weighted by Crippen LogP contribution is -2.22. The molecule has 0 fully saturated rings. The Morgan fingerprint density at radius 2 is 1.93 bits per heavy atom. The summed E-state index contributed by atoms with van der Waals surface area (Å²) in [7, 11) is 1.61. The summed E-state index contributed by atoms with van der Waals surface area (Å²) in [6.07, 6.45) is 0. The van der Waals surface area contributed by atoms with Gasteiger partial charge in [0.15, 0.2) is 11.5 Å². The van der Waals surface area contributed by atoms with Gasteiger partial charge >= 0.3 is 0 Å². The van der Waals surface area contributed by atoms with Gasteiger partial charge in [-0.1, -0.05) is 6.07 Å². The van der Waals surface area contributed by atoms with Gasteiger partial charge in [0.05, 0.1) is 18.0 Å². The third kappa shape index (κ3) is 3.24. The largest absolute Gasteiger partial charge is 0.497 e. The lowest BCUT2D eigenvalue weighted by molar-refractivity contribution is 0.0950. The molecule has 2 aromatic carbocycles. The van der Waals surface area contributed by atoms with Crippen molar-refractivity contribution in [3.8, 4) is 5.75 Å². The third-order valence-electron chi connectivity index (χ3n) is 5.10. The highest BCUT2D eigenvalue weighted by molar-refractivity contribution is 6.05. The normalized spacial score (nSPS) is 11.1. The number of methoxy groups -OCH3 is 1. The maximum absolute atomic E-state index is 13.2. The summed E-state index contributed by atoms with van der Waals surface area (Å²) in [6.45, 7) is 5.90. The van der Waals surface area contributed by atoms with Crippen molar-refractivity contribution < 1.29 is 9.53 Å². The molecule has 0 saturated carbocycles. The van der Waals surface area contributed by atoms with Gasteiger partial charge in [-0.3, -0.25) is 4.79 Å². The van der Waals surface area contributed by atoms with Gasteiger partial charge < -0.3 is 15.4 Å². The molecule has 0 bridgehead atoms. The standard InChI is InChI=1S/C22H23N5O2/c1-4-26(5-2)16-8-6-7-15(11-16)22(28)27-21-18(20(23)25-27)12-14-9-10-17(29-3)13-19(14)24-21/h6-13H,4-5H2,1-3H3,(H2,23,25). The minimum absolute atomic E-state index is 0.268. The van der Waals surface area contributed by atoms with Crippen molar-refractivity contribution in [1.29, 1.82) is 0 Å². The number of rotatable bonds is 5. The number of hydrogen-bond acceptors (Lipinski definition) is 6. The summed E-state index contributed by atoms with van der Waals surface area (Å²) in [4.78, 5) is 20.1. The molecule has 0 aliphatic rings. The molecule has 0 saturated heterocycles. The molecule has 7 nitrogen and oxygen atoms in total. The molecule has 4 rings (SSSR count). The van der Waals surface area contributed by atoms with Gasteiger partial charge in [0.2, 0.25) is 0 Å². The fourth-order valence-corrected chi connectivity index (χ4v) is 3.51. The maximum atomic E-state index is 13.2. The van der Waals surface area contributed by atoms with Crippen LogP contribution in [0.2, 0.25) is 0 Å². The Kier molecular flexibility index (Phi) is 4.80. The predicted molar refractivity (Wildman–Crippen MR) is 116 cm³/mol. The fourth-order valence-electron chi connectivity index (χ4n) is 3.51. The van der Waals surface area contributed by atoms with Gasteiger partial charge in [-0.05, 0) is 50.2 Å². The lowest BCUT2D eigenvalue weighted by Gasteiger charge is -2.21. The van der Waals surface area contributed by atoms with Crippen LogP contribution in [0.5, 0.6) is 5.75 Å². The summed E-state index contributed by atoms with van der Waals surface area (Å²) in [5, 5.41) is 5.84. The van der Waals surface area contributed by atoms with Gasteiger partial charge in [0.1, 0.15) is 5.75 Å². The zero-order valence-corrected chi connectivity index (χ0v) is 16.7. The Bertz CT molecular complexity index is 1210. The van der Waals surface area contributed by atoms with Crippen LogP contribution in [0, 0.1) is 0 Å². The van der Waals surface area contributed by atoms with Crippen LogP contribution in [0.15, 0.2) is 48.5 Å². The van der Waals surface area contributed by atoms with Gasteiger partial charge in [-0.25, -0.2) is 4.98 Å². The molecular formula is C22H23N5O2. The Morgan fingerprint density at radius 3 is 2.66 bits per heavy atom. The van der Waals surface area contributed by atoms with E-state index in [1.807, 2.05) is 42.5 Å². The molecule has 2 aromatic heterocycles. The smallest absolute Gasteiger partial charge is 0.280 e. The van der Waals surface area contributed by atoms with E-state index in [-0.39, 0.29) is 11.7 Å². The number of benzene rings is 2. The maximum Gasteiger partial charge on any atom is 0.280 e. The quantitative estimate of drug-likeness (QED) is 0.560. The Hall–Kier alpha value is -3.61. The molecule has 0 aliphatic heterocycles. The van der Waals surface area contributed by atoms with Crippen molar-refractivity contribution in [2.75, 3.05) is 30.8 Å². The number of carbonyl (C=O) groups is 1. The minimum Gasteiger partial charge on any atom is -0.497 e. The number of ether oxygens (including phenoxy) is 1. The van der Waals surface area contributed by atoms with Gasteiger partial charge in [-0.2, -0.15) is 4.68 Å². The van der Waals surface area contributed by atoms with Crippen molar-refractivity contribution in [2.45, 2.75) is 13.8 Å². The van der Waals surface area contributed by atoms with Crippen molar-refractivity contribution in [3.63, 3.8) is 0 Å². The van der Waals surface area contributed by atoms with E-state index in [1.54, 1.807) is 13.2 Å². The first-order chi connectivity index (χ1) is 14.0. The Labute approximate surface area is 168 Å². The number of nitrogens with two attached hydrogens (primary N) is 1. The number of nitrogen functional groups attached to an aromatic ring is 1. The third-order valence-corrected chi connectivity index (χ3v) is 5.10. The number of nitrogens with zero attached hydrogens (tertiary/aromatic N) is 4. The highest BCUT2D eigenvalue weighted by Crippen LogP contribution is 2.27. The van der Waals surface area contributed by atoms with E-state index in [4.69, 9.17) is 10.5 Å². The van der Waals surface area contributed by atoms with Crippen LogP contribution in [0.4, 0.5) is 11.5 Å². The van der Waals surface area contributed by atoms with E-state index >= 15 is 0 Å². The summed E-state index contributed by atoms with van der Waals surface area (Å²) >= 11 is 0. The topological polar surface area (TPSA) is 86.3 Å². The predicted octanol–water partition coefficient (Wildman–Crippen LogP) is 3.71. The SMILES string of the molecule is CCN(CC)c1cccc(C(=O)n2nc(N)c3cc4ccc(OC)cc4nc32)c1. The van der Waals surface area contributed by atoms with E-state index in [2.05, 4.69) is 28.8 Å². The Balaban J connectivity index is 1.84. The number of anilines is 2. The molecule has 2 heterocycles.